The number of ketones is 1. The SMILES string of the molecule is O=C(Cc1cccnn1)c1cc(Cl)ccc1F. The molecule has 0 atom stereocenters. The van der Waals surface area contributed by atoms with E-state index in [1.54, 1.807) is 12.1 Å². The molecular weight excluding hydrogens is 243 g/mol. The third-order valence-corrected chi connectivity index (χ3v) is 2.43. The van der Waals surface area contributed by atoms with Crippen molar-refractivity contribution in [3.63, 3.8) is 0 Å². The summed E-state index contributed by atoms with van der Waals surface area (Å²) in [4.78, 5) is 11.8. The highest BCUT2D eigenvalue weighted by Gasteiger charge is 2.13. The summed E-state index contributed by atoms with van der Waals surface area (Å²) >= 11 is 5.72. The topological polar surface area (TPSA) is 42.9 Å². The average Bonchev–Trinajstić information content (AvgIpc) is 2.33. The zero-order valence-corrected chi connectivity index (χ0v) is 9.49. The number of hydrogen-bond acceptors (Lipinski definition) is 3. The molecule has 0 unspecified atom stereocenters. The van der Waals surface area contributed by atoms with Crippen LogP contribution in [0.5, 0.6) is 0 Å². The lowest BCUT2D eigenvalue weighted by Crippen LogP contribution is -2.07. The number of Topliss-reactive ketones (excluding diaryl/α,β-unsaturated/α-hetero) is 1. The minimum atomic E-state index is -0.580. The highest BCUT2D eigenvalue weighted by atomic mass is 35.5. The molecule has 0 aliphatic rings. The van der Waals surface area contributed by atoms with Crippen LogP contribution in [0.3, 0.4) is 0 Å². The van der Waals surface area contributed by atoms with E-state index in [2.05, 4.69) is 10.2 Å². The molecule has 0 aliphatic carbocycles. The van der Waals surface area contributed by atoms with Crippen LogP contribution in [0.2, 0.25) is 5.02 Å². The summed E-state index contributed by atoms with van der Waals surface area (Å²) in [6, 6.07) is 7.22. The van der Waals surface area contributed by atoms with Gasteiger partial charge in [0.05, 0.1) is 17.7 Å². The third kappa shape index (κ3) is 2.85. The van der Waals surface area contributed by atoms with Gasteiger partial charge in [0.1, 0.15) is 5.82 Å². The zero-order valence-electron chi connectivity index (χ0n) is 8.73. The molecule has 1 aromatic heterocycles. The van der Waals surface area contributed by atoms with Gasteiger partial charge in [0.15, 0.2) is 5.78 Å². The lowest BCUT2D eigenvalue weighted by atomic mass is 10.1. The number of carbonyl (C=O) groups is 1. The van der Waals surface area contributed by atoms with Gasteiger partial charge in [-0.15, -0.1) is 0 Å². The molecule has 1 aromatic carbocycles. The molecule has 0 spiro atoms. The first kappa shape index (κ1) is 11.7. The Labute approximate surface area is 102 Å². The Bertz CT molecular complexity index is 545. The lowest BCUT2D eigenvalue weighted by molar-refractivity contribution is 0.0988. The molecule has 0 saturated carbocycles. The fraction of sp³-hybridized carbons (Fsp3) is 0.0833. The molecule has 0 bridgehead atoms. The Balaban J connectivity index is 2.23. The largest absolute Gasteiger partial charge is 0.294 e. The second kappa shape index (κ2) is 5.01. The van der Waals surface area contributed by atoms with Crippen LogP contribution in [0.1, 0.15) is 16.1 Å². The van der Waals surface area contributed by atoms with Crippen LogP contribution in [0.4, 0.5) is 4.39 Å². The van der Waals surface area contributed by atoms with Crippen LogP contribution < -0.4 is 0 Å². The first-order valence-corrected chi connectivity index (χ1v) is 5.29. The molecular formula is C12H8ClFN2O. The van der Waals surface area contributed by atoms with E-state index in [4.69, 9.17) is 11.6 Å². The Morgan fingerprint density at radius 3 is 2.88 bits per heavy atom. The predicted molar refractivity (Wildman–Crippen MR) is 61.5 cm³/mol. The Morgan fingerprint density at radius 2 is 2.18 bits per heavy atom. The van der Waals surface area contributed by atoms with Gasteiger partial charge in [0.25, 0.3) is 0 Å². The normalized spacial score (nSPS) is 10.2. The van der Waals surface area contributed by atoms with Crippen LogP contribution >= 0.6 is 11.6 Å². The Kier molecular flexibility index (Phi) is 3.44. The van der Waals surface area contributed by atoms with Crippen LogP contribution in [0, 0.1) is 5.82 Å². The van der Waals surface area contributed by atoms with Gasteiger partial charge in [-0.1, -0.05) is 11.6 Å². The number of rotatable bonds is 3. The van der Waals surface area contributed by atoms with Gasteiger partial charge in [-0.25, -0.2) is 4.39 Å². The molecule has 0 N–H and O–H groups in total. The first-order chi connectivity index (χ1) is 8.16. The van der Waals surface area contributed by atoms with Crippen LogP contribution in [-0.4, -0.2) is 16.0 Å². The van der Waals surface area contributed by atoms with Gasteiger partial charge in [-0.3, -0.25) is 4.79 Å². The molecule has 5 heteroatoms. The summed E-state index contributed by atoms with van der Waals surface area (Å²) in [6.45, 7) is 0. The van der Waals surface area contributed by atoms with E-state index in [1.165, 1.54) is 24.4 Å². The van der Waals surface area contributed by atoms with Crippen molar-refractivity contribution in [2.75, 3.05) is 0 Å². The van der Waals surface area contributed by atoms with Crippen molar-refractivity contribution < 1.29 is 9.18 Å². The molecule has 2 rings (SSSR count). The van der Waals surface area contributed by atoms with Crippen molar-refractivity contribution in [2.45, 2.75) is 6.42 Å². The van der Waals surface area contributed by atoms with Gasteiger partial charge < -0.3 is 0 Å². The second-order valence-electron chi connectivity index (χ2n) is 3.44. The van der Waals surface area contributed by atoms with Crippen LogP contribution in [0.25, 0.3) is 0 Å². The highest BCUT2D eigenvalue weighted by molar-refractivity contribution is 6.31. The first-order valence-electron chi connectivity index (χ1n) is 4.91. The molecule has 0 fully saturated rings. The fourth-order valence-electron chi connectivity index (χ4n) is 1.40. The number of hydrogen-bond donors (Lipinski definition) is 0. The quantitative estimate of drug-likeness (QED) is 0.787. The van der Waals surface area contributed by atoms with Gasteiger partial charge in [-0.05, 0) is 30.3 Å². The summed E-state index contributed by atoms with van der Waals surface area (Å²) in [5.74, 6) is -0.950. The Hall–Kier alpha value is -1.81. The maximum absolute atomic E-state index is 13.4. The molecule has 0 amide bonds. The van der Waals surface area contributed by atoms with Crippen molar-refractivity contribution in [1.82, 2.24) is 10.2 Å². The van der Waals surface area contributed by atoms with E-state index in [0.29, 0.717) is 10.7 Å². The van der Waals surface area contributed by atoms with E-state index < -0.39 is 5.82 Å². The summed E-state index contributed by atoms with van der Waals surface area (Å²) in [7, 11) is 0. The van der Waals surface area contributed by atoms with E-state index in [-0.39, 0.29) is 17.8 Å². The summed E-state index contributed by atoms with van der Waals surface area (Å²) in [5, 5.41) is 7.75. The van der Waals surface area contributed by atoms with E-state index in [1.807, 2.05) is 0 Å². The van der Waals surface area contributed by atoms with Crippen molar-refractivity contribution in [3.8, 4) is 0 Å². The maximum atomic E-state index is 13.4. The summed E-state index contributed by atoms with van der Waals surface area (Å²) in [5.41, 5.74) is 0.472. The van der Waals surface area contributed by atoms with Gasteiger partial charge in [-0.2, -0.15) is 10.2 Å². The molecule has 0 saturated heterocycles. The summed E-state index contributed by atoms with van der Waals surface area (Å²) < 4.78 is 13.4. The minimum Gasteiger partial charge on any atom is -0.294 e. The van der Waals surface area contributed by atoms with E-state index >= 15 is 0 Å². The fourth-order valence-corrected chi connectivity index (χ4v) is 1.57. The van der Waals surface area contributed by atoms with Gasteiger partial charge >= 0.3 is 0 Å². The molecule has 1 heterocycles. The predicted octanol–water partition coefficient (Wildman–Crippen LogP) is 2.69. The molecule has 0 radical (unpaired) electrons. The number of benzene rings is 1. The highest BCUT2D eigenvalue weighted by Crippen LogP contribution is 2.16. The molecule has 2 aromatic rings. The molecule has 86 valence electrons. The van der Waals surface area contributed by atoms with Crippen molar-refractivity contribution in [1.29, 1.82) is 0 Å². The van der Waals surface area contributed by atoms with E-state index in [0.717, 1.165) is 0 Å². The van der Waals surface area contributed by atoms with Crippen molar-refractivity contribution >= 4 is 17.4 Å². The number of aromatic nitrogens is 2. The Morgan fingerprint density at radius 1 is 1.35 bits per heavy atom. The van der Waals surface area contributed by atoms with Crippen LogP contribution in [0.15, 0.2) is 36.5 Å². The van der Waals surface area contributed by atoms with Crippen molar-refractivity contribution in [3.05, 3.63) is 58.6 Å². The number of halogens is 2. The summed E-state index contributed by atoms with van der Waals surface area (Å²) in [6.07, 6.45) is 1.51. The average molecular weight is 251 g/mol. The molecule has 17 heavy (non-hydrogen) atoms. The molecule has 0 aliphatic heterocycles. The number of nitrogens with zero attached hydrogens (tertiary/aromatic N) is 2. The van der Waals surface area contributed by atoms with Crippen molar-refractivity contribution in [2.24, 2.45) is 0 Å². The monoisotopic (exact) mass is 250 g/mol. The van der Waals surface area contributed by atoms with Crippen LogP contribution in [-0.2, 0) is 6.42 Å². The van der Waals surface area contributed by atoms with Gasteiger partial charge in [0, 0.05) is 11.2 Å². The standard InChI is InChI=1S/C12H8ClFN2O/c13-8-3-4-11(14)10(6-8)12(17)7-9-2-1-5-15-16-9/h1-6H,7H2. The lowest BCUT2D eigenvalue weighted by Gasteiger charge is -2.02. The van der Waals surface area contributed by atoms with E-state index in [9.17, 15) is 9.18 Å². The molecule has 3 nitrogen and oxygen atoms in total. The second-order valence-corrected chi connectivity index (χ2v) is 3.88. The smallest absolute Gasteiger partial charge is 0.171 e. The maximum Gasteiger partial charge on any atom is 0.171 e. The van der Waals surface area contributed by atoms with Gasteiger partial charge in [0.2, 0.25) is 0 Å². The number of carbonyl (C=O) groups excluding carboxylic acids is 1. The third-order valence-electron chi connectivity index (χ3n) is 2.20. The zero-order chi connectivity index (χ0) is 12.3. The minimum absolute atomic E-state index is 0.00506.